The number of hydrogen-bond donors (Lipinski definition) is 1. The van der Waals surface area contributed by atoms with E-state index in [1.165, 1.54) is 9.80 Å². The van der Waals surface area contributed by atoms with Crippen LogP contribution in [0.15, 0.2) is 18.2 Å². The lowest BCUT2D eigenvalue weighted by Gasteiger charge is -2.16. The molecule has 7 nitrogen and oxygen atoms in total. The molecule has 0 atom stereocenters. The van der Waals surface area contributed by atoms with E-state index in [-0.39, 0.29) is 11.5 Å². The second-order valence-corrected chi connectivity index (χ2v) is 4.84. The third-order valence-electron chi connectivity index (χ3n) is 2.57. The first-order chi connectivity index (χ1) is 9.85. The Kier molecular flexibility index (Phi) is 5.98. The number of carbonyl (C=O) groups is 2. The zero-order valence-electron chi connectivity index (χ0n) is 12.8. The summed E-state index contributed by atoms with van der Waals surface area (Å²) in [4.78, 5) is 25.9. The van der Waals surface area contributed by atoms with E-state index in [0.29, 0.717) is 13.0 Å². The van der Waals surface area contributed by atoms with Crippen molar-refractivity contribution in [3.05, 3.63) is 23.8 Å². The van der Waals surface area contributed by atoms with Crippen LogP contribution in [0.5, 0.6) is 11.5 Å². The summed E-state index contributed by atoms with van der Waals surface area (Å²) >= 11 is 0. The van der Waals surface area contributed by atoms with Crippen molar-refractivity contribution in [1.82, 2.24) is 9.80 Å². The van der Waals surface area contributed by atoms with E-state index < -0.39 is 12.2 Å². The first kappa shape index (κ1) is 16.8. The van der Waals surface area contributed by atoms with Crippen molar-refractivity contribution in [3.8, 4) is 11.5 Å². The maximum atomic E-state index is 11.7. The maximum absolute atomic E-state index is 11.7. The Morgan fingerprint density at radius 1 is 1.00 bits per heavy atom. The Bertz CT molecular complexity index is 515. The van der Waals surface area contributed by atoms with E-state index in [4.69, 9.17) is 15.2 Å². The molecular weight excluding hydrogens is 274 g/mol. The summed E-state index contributed by atoms with van der Waals surface area (Å²) in [6, 6.07) is 5.01. The summed E-state index contributed by atoms with van der Waals surface area (Å²) in [5, 5.41) is 0. The van der Waals surface area contributed by atoms with Gasteiger partial charge < -0.3 is 25.0 Å². The number of hydrogen-bond acceptors (Lipinski definition) is 5. The monoisotopic (exact) mass is 295 g/mol. The molecule has 0 aliphatic carbocycles. The Hall–Kier alpha value is -2.28. The molecule has 0 bridgehead atoms. The molecular formula is C14H21N3O4. The molecule has 0 saturated heterocycles. The molecule has 0 spiro atoms. The van der Waals surface area contributed by atoms with E-state index in [9.17, 15) is 9.59 Å². The van der Waals surface area contributed by atoms with Crippen molar-refractivity contribution in [3.63, 3.8) is 0 Å². The number of rotatable bonds is 4. The normalized spacial score (nSPS) is 9.95. The second-order valence-electron chi connectivity index (χ2n) is 4.84. The average Bonchev–Trinajstić information content (AvgIpc) is 2.41. The summed E-state index contributed by atoms with van der Waals surface area (Å²) in [5.74, 6) is 0.375. The van der Waals surface area contributed by atoms with E-state index in [1.807, 2.05) is 0 Å². The van der Waals surface area contributed by atoms with Gasteiger partial charge in [0, 0.05) is 28.2 Å². The van der Waals surface area contributed by atoms with Gasteiger partial charge in [0.1, 0.15) is 0 Å². The average molecular weight is 295 g/mol. The SMILES string of the molecule is CN(C)C(=O)Oc1ccc(CCN)cc1OC(=O)N(C)C. The molecule has 0 radical (unpaired) electrons. The van der Waals surface area contributed by atoms with Crippen LogP contribution in [0.25, 0.3) is 0 Å². The zero-order valence-corrected chi connectivity index (χ0v) is 12.8. The largest absolute Gasteiger partial charge is 0.414 e. The molecule has 1 aromatic rings. The molecule has 1 rings (SSSR count). The molecule has 0 aromatic heterocycles. The molecule has 0 fully saturated rings. The van der Waals surface area contributed by atoms with E-state index in [0.717, 1.165) is 5.56 Å². The van der Waals surface area contributed by atoms with Crippen molar-refractivity contribution in [2.45, 2.75) is 6.42 Å². The lowest BCUT2D eigenvalue weighted by molar-refractivity contribution is 0.161. The fraction of sp³-hybridized carbons (Fsp3) is 0.429. The highest BCUT2D eigenvalue weighted by Crippen LogP contribution is 2.29. The molecule has 1 aromatic carbocycles. The van der Waals surface area contributed by atoms with Crippen LogP contribution in [0, 0.1) is 0 Å². The van der Waals surface area contributed by atoms with E-state index in [1.54, 1.807) is 46.4 Å². The van der Waals surface area contributed by atoms with Crippen molar-refractivity contribution >= 4 is 12.2 Å². The third kappa shape index (κ3) is 4.96. The van der Waals surface area contributed by atoms with Gasteiger partial charge in [0.25, 0.3) is 0 Å². The number of nitrogens with zero attached hydrogens (tertiary/aromatic N) is 2. The van der Waals surface area contributed by atoms with Crippen molar-refractivity contribution in [2.75, 3.05) is 34.7 Å². The van der Waals surface area contributed by atoms with Gasteiger partial charge in [-0.05, 0) is 30.7 Å². The molecule has 2 amide bonds. The first-order valence-corrected chi connectivity index (χ1v) is 6.46. The van der Waals surface area contributed by atoms with Crippen LogP contribution in [0.3, 0.4) is 0 Å². The smallest absolute Gasteiger partial charge is 0.406 e. The molecule has 2 N–H and O–H groups in total. The Morgan fingerprint density at radius 3 is 2.00 bits per heavy atom. The van der Waals surface area contributed by atoms with Crippen LogP contribution < -0.4 is 15.2 Å². The summed E-state index contributed by atoms with van der Waals surface area (Å²) in [7, 11) is 6.27. The van der Waals surface area contributed by atoms with Crippen molar-refractivity contribution in [1.29, 1.82) is 0 Å². The van der Waals surface area contributed by atoms with Crippen LogP contribution in [0.2, 0.25) is 0 Å². The number of ether oxygens (including phenoxy) is 2. The molecule has 0 aliphatic rings. The van der Waals surface area contributed by atoms with Crippen molar-refractivity contribution in [2.24, 2.45) is 5.73 Å². The van der Waals surface area contributed by atoms with Gasteiger partial charge in [0.15, 0.2) is 11.5 Å². The van der Waals surface area contributed by atoms with Crippen LogP contribution in [0.1, 0.15) is 5.56 Å². The highest BCUT2D eigenvalue weighted by Gasteiger charge is 2.16. The predicted octanol–water partition coefficient (Wildman–Crippen LogP) is 1.31. The van der Waals surface area contributed by atoms with Gasteiger partial charge in [0.05, 0.1) is 0 Å². The fourth-order valence-corrected chi connectivity index (χ4v) is 1.41. The number of benzene rings is 1. The Labute approximate surface area is 124 Å². The number of carbonyl (C=O) groups excluding carboxylic acids is 2. The second kappa shape index (κ2) is 7.49. The predicted molar refractivity (Wildman–Crippen MR) is 78.6 cm³/mol. The van der Waals surface area contributed by atoms with Gasteiger partial charge in [-0.3, -0.25) is 0 Å². The van der Waals surface area contributed by atoms with E-state index >= 15 is 0 Å². The van der Waals surface area contributed by atoms with Crippen molar-refractivity contribution < 1.29 is 19.1 Å². The molecule has 0 aliphatic heterocycles. The van der Waals surface area contributed by atoms with Gasteiger partial charge in [0.2, 0.25) is 0 Å². The third-order valence-corrected chi connectivity index (χ3v) is 2.57. The number of nitrogens with two attached hydrogens (primary N) is 1. The zero-order chi connectivity index (χ0) is 16.0. The molecule has 21 heavy (non-hydrogen) atoms. The van der Waals surface area contributed by atoms with Gasteiger partial charge in [-0.1, -0.05) is 6.07 Å². The molecule has 0 heterocycles. The van der Waals surface area contributed by atoms with Crippen LogP contribution in [-0.2, 0) is 6.42 Å². The minimum Gasteiger partial charge on any atom is -0.406 e. The summed E-state index contributed by atoms with van der Waals surface area (Å²) < 4.78 is 10.4. The molecule has 7 heteroatoms. The van der Waals surface area contributed by atoms with Gasteiger partial charge in [-0.25, -0.2) is 9.59 Å². The quantitative estimate of drug-likeness (QED) is 0.905. The maximum Gasteiger partial charge on any atom is 0.414 e. The fourth-order valence-electron chi connectivity index (χ4n) is 1.41. The van der Waals surface area contributed by atoms with Gasteiger partial charge >= 0.3 is 12.2 Å². The van der Waals surface area contributed by atoms with Gasteiger partial charge in [-0.15, -0.1) is 0 Å². The minimum absolute atomic E-state index is 0.185. The standard InChI is InChI=1S/C14H21N3O4/c1-16(2)13(18)20-11-6-5-10(7-8-15)9-12(11)21-14(19)17(3)4/h5-6,9H,7-8,15H2,1-4H3. The summed E-state index contributed by atoms with van der Waals surface area (Å²) in [5.41, 5.74) is 6.40. The first-order valence-electron chi connectivity index (χ1n) is 6.46. The molecule has 0 saturated carbocycles. The number of amides is 2. The Balaban J connectivity index is 3.04. The van der Waals surface area contributed by atoms with Gasteiger partial charge in [-0.2, -0.15) is 0 Å². The van der Waals surface area contributed by atoms with Crippen LogP contribution in [-0.4, -0.2) is 56.7 Å². The summed E-state index contributed by atoms with van der Waals surface area (Å²) in [6.45, 7) is 0.470. The summed E-state index contributed by atoms with van der Waals surface area (Å²) in [6.07, 6.45) is -0.472. The Morgan fingerprint density at radius 2 is 1.52 bits per heavy atom. The molecule has 0 unspecified atom stereocenters. The lowest BCUT2D eigenvalue weighted by atomic mass is 10.1. The van der Waals surface area contributed by atoms with Crippen LogP contribution >= 0.6 is 0 Å². The lowest BCUT2D eigenvalue weighted by Crippen LogP contribution is -2.27. The van der Waals surface area contributed by atoms with E-state index in [2.05, 4.69) is 0 Å². The molecule has 116 valence electrons. The topological polar surface area (TPSA) is 85.1 Å². The van der Waals surface area contributed by atoms with Crippen LogP contribution in [0.4, 0.5) is 9.59 Å². The highest BCUT2D eigenvalue weighted by atomic mass is 16.6. The highest BCUT2D eigenvalue weighted by molar-refractivity contribution is 5.74. The minimum atomic E-state index is -0.554.